The summed E-state index contributed by atoms with van der Waals surface area (Å²) in [5, 5.41) is 3.56. The highest BCUT2D eigenvalue weighted by Crippen LogP contribution is 2.36. The number of hydrogen-bond acceptors (Lipinski definition) is 2. The molecular formula is C18H21BrN2. The molecule has 1 heterocycles. The van der Waals surface area contributed by atoms with Gasteiger partial charge in [0, 0.05) is 16.9 Å². The van der Waals surface area contributed by atoms with Crippen LogP contribution >= 0.6 is 15.9 Å². The van der Waals surface area contributed by atoms with Gasteiger partial charge in [0.25, 0.3) is 0 Å². The van der Waals surface area contributed by atoms with Crippen LogP contribution in [0.15, 0.2) is 47.2 Å². The minimum absolute atomic E-state index is 0.204. The van der Waals surface area contributed by atoms with Crippen molar-refractivity contribution < 1.29 is 0 Å². The van der Waals surface area contributed by atoms with Crippen molar-refractivity contribution in [2.75, 3.05) is 6.54 Å². The number of halogens is 1. The van der Waals surface area contributed by atoms with Crippen LogP contribution in [0.2, 0.25) is 0 Å². The molecule has 3 heteroatoms. The van der Waals surface area contributed by atoms with Crippen molar-refractivity contribution in [2.24, 2.45) is 0 Å². The average Bonchev–Trinajstić information content (AvgIpc) is 2.44. The van der Waals surface area contributed by atoms with Gasteiger partial charge >= 0.3 is 0 Å². The summed E-state index contributed by atoms with van der Waals surface area (Å²) in [7, 11) is 0. The highest BCUT2D eigenvalue weighted by atomic mass is 79.9. The first-order valence-corrected chi connectivity index (χ1v) is 8.51. The standard InChI is InChI=1S/C18H21BrN2/c1-2-21-18(16-10-17(19)12-20-11-16)15-8-6-14(7-9-15)13-4-3-5-13/h6-13,18,21H,2-5H2,1H3. The van der Waals surface area contributed by atoms with Gasteiger partial charge in [-0.2, -0.15) is 0 Å². The summed E-state index contributed by atoms with van der Waals surface area (Å²) in [5.41, 5.74) is 4.00. The third kappa shape index (κ3) is 3.35. The fourth-order valence-electron chi connectivity index (χ4n) is 2.92. The molecule has 1 fully saturated rings. The molecule has 0 aliphatic heterocycles. The molecule has 0 radical (unpaired) electrons. The van der Waals surface area contributed by atoms with E-state index in [-0.39, 0.29) is 6.04 Å². The van der Waals surface area contributed by atoms with Crippen LogP contribution in [0.1, 0.15) is 54.8 Å². The highest BCUT2D eigenvalue weighted by molar-refractivity contribution is 9.10. The van der Waals surface area contributed by atoms with Gasteiger partial charge < -0.3 is 5.32 Å². The van der Waals surface area contributed by atoms with Crippen molar-refractivity contribution in [3.63, 3.8) is 0 Å². The predicted octanol–water partition coefficient (Wildman–Crippen LogP) is 4.81. The van der Waals surface area contributed by atoms with Crippen LogP contribution < -0.4 is 5.32 Å². The summed E-state index contributed by atoms with van der Waals surface area (Å²) in [4.78, 5) is 4.29. The monoisotopic (exact) mass is 344 g/mol. The van der Waals surface area contributed by atoms with E-state index >= 15 is 0 Å². The molecule has 1 aromatic heterocycles. The molecule has 2 nitrogen and oxygen atoms in total. The lowest BCUT2D eigenvalue weighted by Gasteiger charge is -2.26. The SMILES string of the molecule is CCNC(c1ccc(C2CCC2)cc1)c1cncc(Br)c1. The fraction of sp³-hybridized carbons (Fsp3) is 0.389. The van der Waals surface area contributed by atoms with Crippen molar-refractivity contribution >= 4 is 15.9 Å². The minimum atomic E-state index is 0.204. The first-order valence-electron chi connectivity index (χ1n) is 7.71. The summed E-state index contributed by atoms with van der Waals surface area (Å²) < 4.78 is 1.02. The maximum Gasteiger partial charge on any atom is 0.0592 e. The van der Waals surface area contributed by atoms with E-state index in [1.165, 1.54) is 36.0 Å². The molecule has 2 aromatic rings. The van der Waals surface area contributed by atoms with Crippen LogP contribution in [-0.2, 0) is 0 Å². The van der Waals surface area contributed by atoms with E-state index in [1.54, 1.807) is 0 Å². The van der Waals surface area contributed by atoms with Gasteiger partial charge in [0.1, 0.15) is 0 Å². The molecule has 0 saturated heterocycles. The van der Waals surface area contributed by atoms with E-state index in [0.29, 0.717) is 0 Å². The van der Waals surface area contributed by atoms with Crippen LogP contribution in [0.3, 0.4) is 0 Å². The quantitative estimate of drug-likeness (QED) is 0.841. The van der Waals surface area contributed by atoms with Gasteiger partial charge in [0.05, 0.1) is 6.04 Å². The molecule has 1 aromatic carbocycles. The Morgan fingerprint density at radius 1 is 1.19 bits per heavy atom. The Bertz CT molecular complexity index is 590. The fourth-order valence-corrected chi connectivity index (χ4v) is 3.30. The summed E-state index contributed by atoms with van der Waals surface area (Å²) in [6.45, 7) is 3.07. The maximum absolute atomic E-state index is 4.29. The van der Waals surface area contributed by atoms with Gasteiger partial charge in [0.15, 0.2) is 0 Å². The van der Waals surface area contributed by atoms with Gasteiger partial charge in [-0.25, -0.2) is 0 Å². The molecule has 110 valence electrons. The molecule has 1 aliphatic rings. The summed E-state index contributed by atoms with van der Waals surface area (Å²) in [6.07, 6.45) is 7.86. The van der Waals surface area contributed by atoms with Crippen molar-refractivity contribution in [1.82, 2.24) is 10.3 Å². The first kappa shape index (κ1) is 14.7. The van der Waals surface area contributed by atoms with E-state index in [0.717, 1.165) is 16.9 Å². The second-order valence-electron chi connectivity index (χ2n) is 5.72. The molecule has 3 rings (SSSR count). The lowest BCUT2D eigenvalue weighted by atomic mass is 9.79. The topological polar surface area (TPSA) is 24.9 Å². The lowest BCUT2D eigenvalue weighted by molar-refractivity contribution is 0.419. The van der Waals surface area contributed by atoms with Gasteiger partial charge in [0.2, 0.25) is 0 Å². The molecule has 0 spiro atoms. The Labute approximate surface area is 135 Å². The normalized spacial score (nSPS) is 16.5. The smallest absolute Gasteiger partial charge is 0.0592 e. The number of nitrogens with one attached hydrogen (secondary N) is 1. The number of hydrogen-bond donors (Lipinski definition) is 1. The number of pyridine rings is 1. The zero-order valence-corrected chi connectivity index (χ0v) is 13.9. The first-order chi connectivity index (χ1) is 10.3. The van der Waals surface area contributed by atoms with E-state index in [2.05, 4.69) is 63.5 Å². The number of aromatic nitrogens is 1. The maximum atomic E-state index is 4.29. The zero-order valence-electron chi connectivity index (χ0n) is 12.3. The Morgan fingerprint density at radius 2 is 1.95 bits per heavy atom. The summed E-state index contributed by atoms with van der Waals surface area (Å²) >= 11 is 3.51. The molecule has 1 unspecified atom stereocenters. The van der Waals surface area contributed by atoms with Crippen LogP contribution in [0.4, 0.5) is 0 Å². The van der Waals surface area contributed by atoms with E-state index in [1.807, 2.05) is 12.4 Å². The molecule has 1 saturated carbocycles. The van der Waals surface area contributed by atoms with E-state index < -0.39 is 0 Å². The third-order valence-corrected chi connectivity index (χ3v) is 4.75. The zero-order chi connectivity index (χ0) is 14.7. The highest BCUT2D eigenvalue weighted by Gasteiger charge is 2.20. The molecule has 21 heavy (non-hydrogen) atoms. The Kier molecular flexibility index (Phi) is 4.71. The second-order valence-corrected chi connectivity index (χ2v) is 6.64. The van der Waals surface area contributed by atoms with Crippen LogP contribution in [-0.4, -0.2) is 11.5 Å². The van der Waals surface area contributed by atoms with Crippen molar-refractivity contribution in [3.05, 3.63) is 63.9 Å². The Morgan fingerprint density at radius 3 is 2.52 bits per heavy atom. The van der Waals surface area contributed by atoms with Gasteiger partial charge in [-0.3, -0.25) is 4.98 Å². The summed E-state index contributed by atoms with van der Waals surface area (Å²) in [5.74, 6) is 0.796. The number of benzene rings is 1. The third-order valence-electron chi connectivity index (χ3n) is 4.31. The number of nitrogens with zero attached hydrogens (tertiary/aromatic N) is 1. The summed E-state index contributed by atoms with van der Waals surface area (Å²) in [6, 6.07) is 11.5. The molecule has 1 N–H and O–H groups in total. The van der Waals surface area contributed by atoms with Crippen molar-refractivity contribution in [3.8, 4) is 0 Å². The van der Waals surface area contributed by atoms with Gasteiger partial charge in [-0.15, -0.1) is 0 Å². The van der Waals surface area contributed by atoms with Crippen LogP contribution in [0.5, 0.6) is 0 Å². The molecule has 0 bridgehead atoms. The van der Waals surface area contributed by atoms with Crippen LogP contribution in [0, 0.1) is 0 Å². The van der Waals surface area contributed by atoms with Gasteiger partial charge in [-0.05, 0) is 64.0 Å². The van der Waals surface area contributed by atoms with Crippen molar-refractivity contribution in [2.45, 2.75) is 38.1 Å². The predicted molar refractivity (Wildman–Crippen MR) is 90.5 cm³/mol. The lowest BCUT2D eigenvalue weighted by Crippen LogP contribution is -2.22. The molecule has 1 atom stereocenters. The molecule has 1 aliphatic carbocycles. The average molecular weight is 345 g/mol. The van der Waals surface area contributed by atoms with Crippen LogP contribution in [0.25, 0.3) is 0 Å². The Balaban J connectivity index is 1.86. The van der Waals surface area contributed by atoms with Gasteiger partial charge in [-0.1, -0.05) is 37.6 Å². The second kappa shape index (κ2) is 6.71. The largest absolute Gasteiger partial charge is 0.306 e. The molecular weight excluding hydrogens is 324 g/mol. The van der Waals surface area contributed by atoms with Crippen molar-refractivity contribution in [1.29, 1.82) is 0 Å². The Hall–Kier alpha value is -1.19. The van der Waals surface area contributed by atoms with E-state index in [9.17, 15) is 0 Å². The minimum Gasteiger partial charge on any atom is -0.306 e. The van der Waals surface area contributed by atoms with E-state index in [4.69, 9.17) is 0 Å². The molecule has 0 amide bonds. The number of rotatable bonds is 5.